The Morgan fingerprint density at radius 1 is 1.08 bits per heavy atom. The van der Waals surface area contributed by atoms with Gasteiger partial charge in [-0.2, -0.15) is 0 Å². The Balaban J connectivity index is 1.38. The van der Waals surface area contributed by atoms with Gasteiger partial charge in [0.2, 0.25) is 5.91 Å². The summed E-state index contributed by atoms with van der Waals surface area (Å²) in [5.41, 5.74) is 4.67. The molecule has 196 valence electrons. The Labute approximate surface area is 220 Å². The van der Waals surface area contributed by atoms with Crippen molar-refractivity contribution in [3.63, 3.8) is 0 Å². The average molecular weight is 502 g/mol. The van der Waals surface area contributed by atoms with Crippen molar-refractivity contribution < 1.29 is 14.3 Å². The first-order valence-electron chi connectivity index (χ1n) is 13.8. The number of aryl methyl sites for hydroxylation is 1. The van der Waals surface area contributed by atoms with Crippen LogP contribution in [0.25, 0.3) is 0 Å². The average Bonchev–Trinajstić information content (AvgIpc) is 3.76. The fourth-order valence-corrected chi connectivity index (χ4v) is 5.68. The highest BCUT2D eigenvalue weighted by Crippen LogP contribution is 2.41. The molecule has 5 rings (SSSR count). The molecule has 2 fully saturated rings. The summed E-state index contributed by atoms with van der Waals surface area (Å²) in [6.45, 7) is 12.6. The van der Waals surface area contributed by atoms with Gasteiger partial charge in [0.1, 0.15) is 5.75 Å². The van der Waals surface area contributed by atoms with Gasteiger partial charge >= 0.3 is 0 Å². The molecule has 0 bridgehead atoms. The number of piperazine rings is 1. The molecule has 1 saturated heterocycles. The second-order valence-electron chi connectivity index (χ2n) is 10.7. The van der Waals surface area contributed by atoms with Crippen molar-refractivity contribution >= 4 is 11.8 Å². The molecule has 3 aliphatic rings. The van der Waals surface area contributed by atoms with Crippen molar-refractivity contribution in [3.05, 3.63) is 77.4 Å². The number of amides is 2. The minimum atomic E-state index is -0.519. The highest BCUT2D eigenvalue weighted by atomic mass is 16.5. The van der Waals surface area contributed by atoms with Gasteiger partial charge in [-0.1, -0.05) is 48.9 Å². The van der Waals surface area contributed by atoms with Gasteiger partial charge in [-0.15, -0.1) is 6.58 Å². The molecule has 2 atom stereocenters. The van der Waals surface area contributed by atoms with Gasteiger partial charge in [-0.25, -0.2) is 0 Å². The summed E-state index contributed by atoms with van der Waals surface area (Å²) in [5.74, 6) is 1.19. The smallest absolute Gasteiger partial charge is 0.263 e. The van der Waals surface area contributed by atoms with Crippen LogP contribution in [0.15, 0.2) is 55.1 Å². The van der Waals surface area contributed by atoms with Crippen LogP contribution in [-0.4, -0.2) is 71.9 Å². The van der Waals surface area contributed by atoms with Crippen LogP contribution in [0.2, 0.25) is 0 Å². The molecule has 2 aromatic carbocycles. The van der Waals surface area contributed by atoms with Crippen molar-refractivity contribution in [1.82, 2.24) is 14.7 Å². The summed E-state index contributed by atoms with van der Waals surface area (Å²) in [7, 11) is 0. The molecular weight excluding hydrogens is 462 g/mol. The molecular formula is C31H39N3O3. The van der Waals surface area contributed by atoms with Gasteiger partial charge in [0.15, 0.2) is 6.10 Å². The molecule has 0 unspecified atom stereocenters. The van der Waals surface area contributed by atoms with E-state index in [9.17, 15) is 9.59 Å². The highest BCUT2D eigenvalue weighted by molar-refractivity contribution is 5.83. The number of rotatable bonds is 8. The van der Waals surface area contributed by atoms with Gasteiger partial charge in [0.25, 0.3) is 5.91 Å². The monoisotopic (exact) mass is 501 g/mol. The fraction of sp³-hybridized carbons (Fsp3) is 0.484. The first-order valence-corrected chi connectivity index (χ1v) is 13.8. The third kappa shape index (κ3) is 5.59. The molecule has 37 heavy (non-hydrogen) atoms. The maximum absolute atomic E-state index is 13.3. The molecule has 0 N–H and O–H groups in total. The quantitative estimate of drug-likeness (QED) is 0.504. The Hall–Kier alpha value is -3.12. The van der Waals surface area contributed by atoms with Gasteiger partial charge < -0.3 is 14.5 Å². The minimum absolute atomic E-state index is 0.0549. The van der Waals surface area contributed by atoms with Gasteiger partial charge in [0, 0.05) is 45.2 Å². The van der Waals surface area contributed by atoms with Crippen molar-refractivity contribution in [3.8, 4) is 5.75 Å². The second kappa shape index (κ2) is 11.1. The standard InChI is InChI=1S/C31H39N3O3/c1-4-14-32-16-18-33(19-17-32)31(36)28(5-2)37-26-12-11-23-13-15-34(30(35)24-9-10-24)29(27(23)21-26)25-8-6-7-22(3)20-25/h4,6-8,11-12,20-21,24,28-29H,1,5,9-10,13-19H2,2-3H3/t28-,29-/m0/s1. The normalized spacial score (nSPS) is 20.8. The van der Waals surface area contributed by atoms with Crippen molar-refractivity contribution in [2.24, 2.45) is 5.92 Å². The summed E-state index contributed by atoms with van der Waals surface area (Å²) >= 11 is 0. The Kier molecular flexibility index (Phi) is 7.65. The van der Waals surface area contributed by atoms with Crippen molar-refractivity contribution in [2.45, 2.75) is 51.7 Å². The Bertz CT molecular complexity index is 1150. The topological polar surface area (TPSA) is 53.1 Å². The first kappa shape index (κ1) is 25.5. The van der Waals surface area contributed by atoms with E-state index < -0.39 is 6.10 Å². The molecule has 0 aromatic heterocycles. The van der Waals surface area contributed by atoms with E-state index in [4.69, 9.17) is 4.74 Å². The van der Waals surface area contributed by atoms with Crippen LogP contribution in [0.5, 0.6) is 5.75 Å². The second-order valence-corrected chi connectivity index (χ2v) is 10.7. The Morgan fingerprint density at radius 2 is 1.86 bits per heavy atom. The summed E-state index contributed by atoms with van der Waals surface area (Å²) in [6.07, 6.45) is 4.82. The van der Waals surface area contributed by atoms with Crippen LogP contribution in [0.4, 0.5) is 0 Å². The highest BCUT2D eigenvalue weighted by Gasteiger charge is 2.40. The van der Waals surface area contributed by atoms with Gasteiger partial charge in [-0.05, 0) is 61.4 Å². The summed E-state index contributed by atoms with van der Waals surface area (Å²) in [6, 6.07) is 14.5. The van der Waals surface area contributed by atoms with Crippen LogP contribution in [0, 0.1) is 12.8 Å². The summed E-state index contributed by atoms with van der Waals surface area (Å²) in [4.78, 5) is 33.0. The molecule has 2 aromatic rings. The lowest BCUT2D eigenvalue weighted by molar-refractivity contribution is -0.140. The summed E-state index contributed by atoms with van der Waals surface area (Å²) in [5, 5.41) is 0. The molecule has 2 amide bonds. The summed E-state index contributed by atoms with van der Waals surface area (Å²) < 4.78 is 6.36. The van der Waals surface area contributed by atoms with Crippen LogP contribution in [-0.2, 0) is 16.0 Å². The first-order chi connectivity index (χ1) is 18.0. The minimum Gasteiger partial charge on any atom is -0.481 e. The maximum atomic E-state index is 13.3. The van der Waals surface area contributed by atoms with Crippen LogP contribution < -0.4 is 4.74 Å². The zero-order valence-corrected chi connectivity index (χ0v) is 22.2. The fourth-order valence-electron chi connectivity index (χ4n) is 5.68. The predicted molar refractivity (Wildman–Crippen MR) is 146 cm³/mol. The van der Waals surface area contributed by atoms with E-state index >= 15 is 0 Å². The van der Waals surface area contributed by atoms with Crippen molar-refractivity contribution in [2.75, 3.05) is 39.3 Å². The maximum Gasteiger partial charge on any atom is 0.263 e. The number of carbonyl (C=O) groups excluding carboxylic acids is 2. The lowest BCUT2D eigenvalue weighted by atomic mass is 9.87. The molecule has 6 nitrogen and oxygen atoms in total. The molecule has 2 aliphatic heterocycles. The third-order valence-corrected chi connectivity index (χ3v) is 7.91. The lowest BCUT2D eigenvalue weighted by Crippen LogP contribution is -2.52. The molecule has 0 spiro atoms. The predicted octanol–water partition coefficient (Wildman–Crippen LogP) is 4.37. The largest absolute Gasteiger partial charge is 0.481 e. The van der Waals surface area contributed by atoms with E-state index in [2.05, 4.69) is 59.7 Å². The Morgan fingerprint density at radius 3 is 2.54 bits per heavy atom. The number of hydrogen-bond acceptors (Lipinski definition) is 4. The SMILES string of the molecule is C=CCN1CCN(C(=O)[C@H](CC)Oc2ccc3c(c2)[C@H](c2cccc(C)c2)N(C(=O)C2CC2)CC3)CC1. The molecule has 0 radical (unpaired) electrons. The van der Waals surface area contributed by atoms with E-state index in [0.29, 0.717) is 25.3 Å². The zero-order chi connectivity index (χ0) is 25.9. The van der Waals surface area contributed by atoms with E-state index in [-0.39, 0.29) is 23.8 Å². The number of ether oxygens (including phenoxy) is 1. The van der Waals surface area contributed by atoms with E-state index in [1.165, 1.54) is 11.1 Å². The van der Waals surface area contributed by atoms with Gasteiger partial charge in [-0.3, -0.25) is 14.5 Å². The number of fused-ring (bicyclic) bond motifs is 1. The molecule has 1 aliphatic carbocycles. The van der Waals surface area contributed by atoms with E-state index in [1.54, 1.807) is 0 Å². The number of carbonyl (C=O) groups is 2. The van der Waals surface area contributed by atoms with Crippen LogP contribution >= 0.6 is 0 Å². The number of nitrogens with zero attached hydrogens (tertiary/aromatic N) is 3. The molecule has 6 heteroatoms. The van der Waals surface area contributed by atoms with Crippen LogP contribution in [0.3, 0.4) is 0 Å². The lowest BCUT2D eigenvalue weighted by Gasteiger charge is -2.38. The van der Waals surface area contributed by atoms with E-state index in [1.807, 2.05) is 24.0 Å². The molecule has 2 heterocycles. The van der Waals surface area contributed by atoms with Crippen LogP contribution in [0.1, 0.15) is 54.5 Å². The van der Waals surface area contributed by atoms with E-state index in [0.717, 1.165) is 56.6 Å². The van der Waals surface area contributed by atoms with Crippen molar-refractivity contribution in [1.29, 1.82) is 0 Å². The zero-order valence-electron chi connectivity index (χ0n) is 22.2. The third-order valence-electron chi connectivity index (χ3n) is 7.91. The molecule has 1 saturated carbocycles. The van der Waals surface area contributed by atoms with Gasteiger partial charge in [0.05, 0.1) is 6.04 Å². The number of hydrogen-bond donors (Lipinski definition) is 0. The number of benzene rings is 2.